The van der Waals surface area contributed by atoms with E-state index in [9.17, 15) is 9.90 Å². The number of aliphatic hydroxyl groups excluding tert-OH is 1. The minimum atomic E-state index is -0.330. The largest absolute Gasteiger partial charge is 0.404 e. The number of aliphatic hydroxyl groups is 1. The lowest BCUT2D eigenvalue weighted by Gasteiger charge is -2.32. The predicted molar refractivity (Wildman–Crippen MR) is 108 cm³/mol. The van der Waals surface area contributed by atoms with Crippen molar-refractivity contribution in [1.29, 1.82) is 5.41 Å². The van der Waals surface area contributed by atoms with Gasteiger partial charge in [0.15, 0.2) is 0 Å². The van der Waals surface area contributed by atoms with E-state index >= 15 is 0 Å². The molecular weight excluding hydrogens is 342 g/mol. The van der Waals surface area contributed by atoms with Crippen LogP contribution in [0.15, 0.2) is 30.6 Å². The highest BCUT2D eigenvalue weighted by Gasteiger charge is 2.29. The number of amides is 1. The molecular formula is C20H25N5O2. The molecule has 1 aromatic heterocycles. The minimum Gasteiger partial charge on any atom is -0.404 e. The number of hydrogen-bond acceptors (Lipinski definition) is 6. The molecule has 1 saturated carbocycles. The number of anilines is 1. The predicted octanol–water partition coefficient (Wildman–Crippen LogP) is 2.26. The van der Waals surface area contributed by atoms with Gasteiger partial charge < -0.3 is 26.9 Å². The van der Waals surface area contributed by atoms with Gasteiger partial charge in [0.2, 0.25) is 0 Å². The minimum absolute atomic E-state index is 0.00822. The Hall–Kier alpha value is -2.93. The van der Waals surface area contributed by atoms with Crippen molar-refractivity contribution in [2.75, 3.05) is 5.32 Å². The van der Waals surface area contributed by atoms with Crippen LogP contribution in [0.3, 0.4) is 0 Å². The van der Waals surface area contributed by atoms with Gasteiger partial charge in [0.1, 0.15) is 0 Å². The molecule has 3 rings (SSSR count). The van der Waals surface area contributed by atoms with Crippen LogP contribution in [-0.4, -0.2) is 40.4 Å². The zero-order chi connectivity index (χ0) is 19.6. The Morgan fingerprint density at radius 1 is 1.41 bits per heavy atom. The summed E-state index contributed by atoms with van der Waals surface area (Å²) in [7, 11) is 0. The first-order chi connectivity index (χ1) is 12.9. The zero-order valence-corrected chi connectivity index (χ0v) is 15.5. The van der Waals surface area contributed by atoms with Crippen LogP contribution in [0.2, 0.25) is 0 Å². The van der Waals surface area contributed by atoms with E-state index in [4.69, 9.17) is 11.1 Å². The molecule has 0 unspecified atom stereocenters. The summed E-state index contributed by atoms with van der Waals surface area (Å²) >= 11 is 0. The van der Waals surface area contributed by atoms with Crippen LogP contribution in [0.4, 0.5) is 5.69 Å². The summed E-state index contributed by atoms with van der Waals surface area (Å²) in [5.74, 6) is -0.212. The topological polar surface area (TPSA) is 124 Å². The average Bonchev–Trinajstić information content (AvgIpc) is 2.61. The van der Waals surface area contributed by atoms with E-state index in [2.05, 4.69) is 15.6 Å². The highest BCUT2D eigenvalue weighted by molar-refractivity contribution is 6.11. The number of hydrogen-bond donors (Lipinski definition) is 5. The lowest BCUT2D eigenvalue weighted by molar-refractivity contribution is 0.0563. The first kappa shape index (κ1) is 18.8. The zero-order valence-electron chi connectivity index (χ0n) is 15.5. The van der Waals surface area contributed by atoms with Crippen LogP contribution >= 0.6 is 0 Å². The Labute approximate surface area is 158 Å². The number of nitrogens with zero attached hydrogens (tertiary/aromatic N) is 1. The molecule has 27 heavy (non-hydrogen) atoms. The fourth-order valence-corrected chi connectivity index (χ4v) is 3.18. The number of aromatic nitrogens is 1. The number of nitrogens with one attached hydrogen (secondary N) is 3. The maximum atomic E-state index is 12.8. The van der Waals surface area contributed by atoms with Gasteiger partial charge in [-0.2, -0.15) is 0 Å². The Morgan fingerprint density at radius 2 is 2.15 bits per heavy atom. The fourth-order valence-electron chi connectivity index (χ4n) is 3.18. The van der Waals surface area contributed by atoms with Crippen LogP contribution < -0.4 is 16.4 Å². The lowest BCUT2D eigenvalue weighted by Crippen LogP contribution is -2.46. The van der Waals surface area contributed by atoms with Gasteiger partial charge in [-0.15, -0.1) is 0 Å². The van der Waals surface area contributed by atoms with Crippen molar-refractivity contribution < 1.29 is 9.90 Å². The molecule has 7 nitrogen and oxygen atoms in total. The van der Waals surface area contributed by atoms with E-state index in [0.717, 1.165) is 16.5 Å². The van der Waals surface area contributed by atoms with E-state index in [-0.39, 0.29) is 24.1 Å². The Morgan fingerprint density at radius 3 is 2.74 bits per heavy atom. The SMILES string of the molecule is CC(C)Nc1c(C(=O)N[C@H]2C[C@@H](O)C2)cnc2ccc(/C(C=N)=C/N)cc12. The third-order valence-corrected chi connectivity index (χ3v) is 4.66. The first-order valence-corrected chi connectivity index (χ1v) is 9.04. The molecule has 0 bridgehead atoms. The Bertz CT molecular complexity index is 901. The van der Waals surface area contributed by atoms with E-state index in [1.54, 1.807) is 6.20 Å². The van der Waals surface area contributed by atoms with Gasteiger partial charge in [0, 0.05) is 41.7 Å². The van der Waals surface area contributed by atoms with Crippen molar-refractivity contribution in [3.05, 3.63) is 41.7 Å². The van der Waals surface area contributed by atoms with Gasteiger partial charge in [-0.3, -0.25) is 9.78 Å². The van der Waals surface area contributed by atoms with Gasteiger partial charge in [-0.05, 0) is 44.4 Å². The second kappa shape index (κ2) is 7.75. The number of allylic oxidation sites excluding steroid dienone is 1. The first-order valence-electron chi connectivity index (χ1n) is 9.04. The summed E-state index contributed by atoms with van der Waals surface area (Å²) in [6, 6.07) is 5.70. The van der Waals surface area contributed by atoms with Crippen molar-refractivity contribution in [2.24, 2.45) is 5.73 Å². The molecule has 0 saturated heterocycles. The molecule has 1 aliphatic carbocycles. The number of pyridine rings is 1. The quantitative estimate of drug-likeness (QED) is 0.501. The monoisotopic (exact) mass is 367 g/mol. The maximum absolute atomic E-state index is 12.8. The van der Waals surface area contributed by atoms with Crippen LogP contribution in [0, 0.1) is 5.41 Å². The standard InChI is InChI=1S/C20H25N5O2/c1-11(2)24-19-16-5-12(13(8-21)9-22)3-4-18(16)23-10-17(19)20(27)25-14-6-15(26)7-14/h3-5,8-11,14-15,21,26H,6-7,22H2,1-2H3,(H,23,24)(H,25,27)/b13-9+,21-8?/t14-,15+. The van der Waals surface area contributed by atoms with Crippen LogP contribution in [0.1, 0.15) is 42.6 Å². The molecule has 1 amide bonds. The summed E-state index contributed by atoms with van der Waals surface area (Å²) in [6.07, 6.45) is 4.98. The number of benzene rings is 1. The second-order valence-electron chi connectivity index (χ2n) is 7.14. The molecule has 0 spiro atoms. The molecule has 7 heteroatoms. The smallest absolute Gasteiger partial charge is 0.255 e. The Balaban J connectivity index is 2.06. The van der Waals surface area contributed by atoms with E-state index in [1.807, 2.05) is 32.0 Å². The molecule has 0 aliphatic heterocycles. The van der Waals surface area contributed by atoms with Gasteiger partial charge in [0.05, 0.1) is 22.9 Å². The highest BCUT2D eigenvalue weighted by atomic mass is 16.3. The highest BCUT2D eigenvalue weighted by Crippen LogP contribution is 2.30. The van der Waals surface area contributed by atoms with Crippen LogP contribution in [0.5, 0.6) is 0 Å². The van der Waals surface area contributed by atoms with Gasteiger partial charge in [0.25, 0.3) is 5.91 Å². The van der Waals surface area contributed by atoms with Crippen LogP contribution in [0.25, 0.3) is 16.5 Å². The van der Waals surface area contributed by atoms with Gasteiger partial charge in [-0.25, -0.2) is 0 Å². The molecule has 0 atom stereocenters. The third kappa shape index (κ3) is 3.93. The van der Waals surface area contributed by atoms with Crippen LogP contribution in [-0.2, 0) is 0 Å². The fraction of sp³-hybridized carbons (Fsp3) is 0.350. The molecule has 0 radical (unpaired) electrons. The van der Waals surface area contributed by atoms with Crippen molar-refractivity contribution in [1.82, 2.24) is 10.3 Å². The van der Waals surface area contributed by atoms with E-state index in [1.165, 1.54) is 12.4 Å². The average molecular weight is 367 g/mol. The van der Waals surface area contributed by atoms with Crippen molar-refractivity contribution >= 4 is 34.3 Å². The molecule has 6 N–H and O–H groups in total. The normalized spacial score (nSPS) is 19.6. The van der Waals surface area contributed by atoms with Crippen molar-refractivity contribution in [3.8, 4) is 0 Å². The summed E-state index contributed by atoms with van der Waals surface area (Å²) in [5, 5.41) is 24.1. The van der Waals surface area contributed by atoms with Gasteiger partial charge in [-0.1, -0.05) is 6.07 Å². The summed E-state index contributed by atoms with van der Waals surface area (Å²) in [6.45, 7) is 4.01. The van der Waals surface area contributed by atoms with Crippen molar-refractivity contribution in [2.45, 2.75) is 44.9 Å². The summed E-state index contributed by atoms with van der Waals surface area (Å²) < 4.78 is 0. The number of rotatable bonds is 6. The second-order valence-corrected chi connectivity index (χ2v) is 7.14. The molecule has 1 fully saturated rings. The van der Waals surface area contributed by atoms with Gasteiger partial charge >= 0.3 is 0 Å². The molecule has 1 aromatic carbocycles. The molecule has 1 aliphatic rings. The number of carbonyl (C=O) groups is 1. The number of fused-ring (bicyclic) bond motifs is 1. The third-order valence-electron chi connectivity index (χ3n) is 4.66. The molecule has 2 aromatic rings. The van der Waals surface area contributed by atoms with E-state index < -0.39 is 0 Å². The van der Waals surface area contributed by atoms with E-state index in [0.29, 0.717) is 29.7 Å². The van der Waals surface area contributed by atoms with Crippen molar-refractivity contribution in [3.63, 3.8) is 0 Å². The number of carbonyl (C=O) groups excluding carboxylic acids is 1. The maximum Gasteiger partial charge on any atom is 0.255 e. The number of nitrogens with two attached hydrogens (primary N) is 1. The molecule has 1 heterocycles. The lowest BCUT2D eigenvalue weighted by atomic mass is 9.89. The Kier molecular flexibility index (Phi) is 5.41. The summed E-state index contributed by atoms with van der Waals surface area (Å²) in [5.41, 5.74) is 8.90. The molecule has 142 valence electrons. The summed E-state index contributed by atoms with van der Waals surface area (Å²) in [4.78, 5) is 17.2.